The van der Waals surface area contributed by atoms with Crippen molar-refractivity contribution in [1.82, 2.24) is 5.32 Å². The quantitative estimate of drug-likeness (QED) is 0.852. The molecule has 0 spiro atoms. The summed E-state index contributed by atoms with van der Waals surface area (Å²) >= 11 is 2.01. The Balaban J connectivity index is 1.45. The Morgan fingerprint density at radius 1 is 1.30 bits per heavy atom. The van der Waals surface area contributed by atoms with E-state index < -0.39 is 12.2 Å². The van der Waals surface area contributed by atoms with Crippen molar-refractivity contribution < 1.29 is 18.7 Å². The molecule has 1 aromatic carbocycles. The number of cyclic esters (lactones) is 1. The molecule has 0 saturated carbocycles. The van der Waals surface area contributed by atoms with E-state index in [1.54, 1.807) is 12.1 Å². The third-order valence-electron chi connectivity index (χ3n) is 5.37. The summed E-state index contributed by atoms with van der Waals surface area (Å²) in [6.07, 6.45) is 0.309. The maximum Gasteiger partial charge on any atom is 0.414 e. The first-order valence-corrected chi connectivity index (χ1v) is 10.5. The van der Waals surface area contributed by atoms with Gasteiger partial charge in [0.15, 0.2) is 0 Å². The predicted octanol–water partition coefficient (Wildman–Crippen LogP) is 2.48. The molecule has 3 atom stereocenters. The molecule has 3 heterocycles. The molecule has 4 rings (SSSR count). The fourth-order valence-electron chi connectivity index (χ4n) is 4.17. The van der Waals surface area contributed by atoms with E-state index in [1.165, 1.54) is 24.3 Å². The second-order valence-electron chi connectivity index (χ2n) is 7.60. The van der Waals surface area contributed by atoms with Crippen LogP contribution in [0.2, 0.25) is 0 Å². The maximum atomic E-state index is 14.9. The lowest BCUT2D eigenvalue weighted by Gasteiger charge is -2.42. The lowest BCUT2D eigenvalue weighted by molar-refractivity contribution is -0.119. The van der Waals surface area contributed by atoms with Crippen molar-refractivity contribution in [3.63, 3.8) is 0 Å². The number of halogens is 1. The highest BCUT2D eigenvalue weighted by Gasteiger charge is 2.34. The molecule has 27 heavy (non-hydrogen) atoms. The minimum Gasteiger partial charge on any atom is -0.442 e. The summed E-state index contributed by atoms with van der Waals surface area (Å²) in [5.41, 5.74) is 1.10. The minimum absolute atomic E-state index is 0.176. The topological polar surface area (TPSA) is 61.9 Å². The fraction of sp³-hybridized carbons (Fsp3) is 0.579. The molecule has 3 saturated heterocycles. The first kappa shape index (κ1) is 18.4. The van der Waals surface area contributed by atoms with Gasteiger partial charge < -0.3 is 15.0 Å². The van der Waals surface area contributed by atoms with Gasteiger partial charge in [-0.15, -0.1) is 0 Å². The van der Waals surface area contributed by atoms with Gasteiger partial charge in [0, 0.05) is 20.0 Å². The molecule has 0 aliphatic carbocycles. The van der Waals surface area contributed by atoms with Crippen LogP contribution in [0, 0.1) is 17.7 Å². The maximum absolute atomic E-state index is 14.9. The Labute approximate surface area is 162 Å². The Morgan fingerprint density at radius 3 is 2.70 bits per heavy atom. The zero-order chi connectivity index (χ0) is 19.0. The zero-order valence-corrected chi connectivity index (χ0v) is 16.1. The van der Waals surface area contributed by atoms with Gasteiger partial charge in [0.25, 0.3) is 0 Å². The number of nitrogens with zero attached hydrogens (tertiary/aromatic N) is 2. The van der Waals surface area contributed by atoms with Crippen LogP contribution in [0.4, 0.5) is 20.6 Å². The number of nitrogens with one attached hydrogen (secondary N) is 1. The number of hydrogen-bond acceptors (Lipinski definition) is 5. The van der Waals surface area contributed by atoms with E-state index in [0.717, 1.165) is 24.6 Å². The molecule has 3 unspecified atom stereocenters. The number of hydrogen-bond donors (Lipinski definition) is 1. The number of ether oxygens (including phenoxy) is 1. The molecule has 2 bridgehead atoms. The number of carbonyl (C=O) groups excluding carboxylic acids is 2. The van der Waals surface area contributed by atoms with Crippen molar-refractivity contribution in [3.05, 3.63) is 24.0 Å². The molecular weight excluding hydrogens is 369 g/mol. The fourth-order valence-corrected chi connectivity index (χ4v) is 5.46. The molecular formula is C19H24FN3O3S. The van der Waals surface area contributed by atoms with Crippen molar-refractivity contribution in [1.29, 1.82) is 0 Å². The van der Waals surface area contributed by atoms with Crippen molar-refractivity contribution in [3.8, 4) is 0 Å². The smallest absolute Gasteiger partial charge is 0.414 e. The Hall–Kier alpha value is -1.96. The highest BCUT2D eigenvalue weighted by Crippen LogP contribution is 2.36. The largest absolute Gasteiger partial charge is 0.442 e. The summed E-state index contributed by atoms with van der Waals surface area (Å²) in [4.78, 5) is 26.7. The number of rotatable bonds is 4. The summed E-state index contributed by atoms with van der Waals surface area (Å²) in [5.74, 6) is 3.08. The van der Waals surface area contributed by atoms with E-state index >= 15 is 0 Å². The first-order chi connectivity index (χ1) is 13.0. The number of fused-ring (bicyclic) bond motifs is 2. The number of benzene rings is 1. The van der Waals surface area contributed by atoms with Gasteiger partial charge in [-0.3, -0.25) is 9.69 Å². The van der Waals surface area contributed by atoms with Crippen molar-refractivity contribution in [2.24, 2.45) is 11.8 Å². The molecule has 146 valence electrons. The molecule has 3 aliphatic rings. The van der Waals surface area contributed by atoms with Gasteiger partial charge in [-0.25, -0.2) is 9.18 Å². The van der Waals surface area contributed by atoms with Gasteiger partial charge in [0.1, 0.15) is 11.9 Å². The summed E-state index contributed by atoms with van der Waals surface area (Å²) in [6, 6.07) is 4.96. The summed E-state index contributed by atoms with van der Waals surface area (Å²) in [5, 5.41) is 2.64. The van der Waals surface area contributed by atoms with Crippen LogP contribution >= 0.6 is 11.8 Å². The molecule has 1 aromatic rings. The molecule has 0 radical (unpaired) electrons. The third kappa shape index (κ3) is 4.00. The van der Waals surface area contributed by atoms with E-state index in [0.29, 0.717) is 29.8 Å². The van der Waals surface area contributed by atoms with Crippen LogP contribution in [-0.4, -0.2) is 55.8 Å². The van der Waals surface area contributed by atoms with Crippen LogP contribution in [-0.2, 0) is 9.53 Å². The number of amides is 2. The van der Waals surface area contributed by atoms with Gasteiger partial charge in [-0.2, -0.15) is 11.8 Å². The minimum atomic E-state index is -0.512. The van der Waals surface area contributed by atoms with E-state index in [2.05, 4.69) is 10.2 Å². The summed E-state index contributed by atoms with van der Waals surface area (Å²) in [6.45, 7) is 3.75. The number of piperidine rings is 1. The third-order valence-corrected chi connectivity index (χ3v) is 6.78. The standard InChI is InChI=1S/C19H24FN3O3S/c1-12(24)21-6-16-9-23(19(25)26-16)15-2-3-18(17(20)5-15)22-7-13-4-14(8-22)11-27-10-13/h2-3,5,13-14,16H,4,6-11H2,1H3,(H,21,24). The Morgan fingerprint density at radius 2 is 2.04 bits per heavy atom. The normalized spacial score (nSPS) is 27.5. The monoisotopic (exact) mass is 393 g/mol. The SMILES string of the molecule is CC(=O)NCC1CN(c2ccc(N3CC4CSCC(C4)C3)c(F)c2)C(=O)O1. The van der Waals surface area contributed by atoms with E-state index in [-0.39, 0.29) is 18.3 Å². The molecule has 3 fully saturated rings. The number of carbonyl (C=O) groups is 2. The van der Waals surface area contributed by atoms with Gasteiger partial charge in [-0.05, 0) is 48.0 Å². The van der Waals surface area contributed by atoms with Crippen molar-refractivity contribution >= 4 is 35.1 Å². The van der Waals surface area contributed by atoms with Gasteiger partial charge in [0.05, 0.1) is 24.5 Å². The van der Waals surface area contributed by atoms with E-state index in [9.17, 15) is 14.0 Å². The molecule has 1 N–H and O–H groups in total. The van der Waals surface area contributed by atoms with Crippen molar-refractivity contribution in [2.45, 2.75) is 19.4 Å². The molecule has 6 nitrogen and oxygen atoms in total. The lowest BCUT2D eigenvalue weighted by atomic mass is 9.90. The van der Waals surface area contributed by atoms with Crippen LogP contribution in [0.3, 0.4) is 0 Å². The highest BCUT2D eigenvalue weighted by atomic mass is 32.2. The van der Waals surface area contributed by atoms with Crippen LogP contribution in [0.25, 0.3) is 0 Å². The molecule has 8 heteroatoms. The number of anilines is 2. The summed E-state index contributed by atoms with van der Waals surface area (Å²) < 4.78 is 20.1. The zero-order valence-electron chi connectivity index (χ0n) is 15.3. The van der Waals surface area contributed by atoms with E-state index in [4.69, 9.17) is 4.74 Å². The lowest BCUT2D eigenvalue weighted by Crippen LogP contribution is -2.45. The summed E-state index contributed by atoms with van der Waals surface area (Å²) in [7, 11) is 0. The number of thioether (sulfide) groups is 1. The van der Waals surface area contributed by atoms with Gasteiger partial charge >= 0.3 is 6.09 Å². The average Bonchev–Trinajstić information content (AvgIpc) is 3.00. The van der Waals surface area contributed by atoms with Crippen LogP contribution in [0.5, 0.6) is 0 Å². The molecule has 2 amide bonds. The average molecular weight is 393 g/mol. The van der Waals surface area contributed by atoms with Crippen LogP contribution in [0.1, 0.15) is 13.3 Å². The predicted molar refractivity (Wildman–Crippen MR) is 104 cm³/mol. The van der Waals surface area contributed by atoms with E-state index in [1.807, 2.05) is 11.8 Å². The van der Waals surface area contributed by atoms with Crippen molar-refractivity contribution in [2.75, 3.05) is 47.5 Å². The first-order valence-electron chi connectivity index (χ1n) is 9.34. The molecule has 3 aliphatic heterocycles. The van der Waals surface area contributed by atoms with Crippen LogP contribution < -0.4 is 15.1 Å². The van der Waals surface area contributed by atoms with Gasteiger partial charge in [0.2, 0.25) is 5.91 Å². The Kier molecular flexibility index (Phi) is 5.16. The second kappa shape index (κ2) is 7.58. The molecule has 0 aromatic heterocycles. The van der Waals surface area contributed by atoms with Gasteiger partial charge in [-0.1, -0.05) is 0 Å². The highest BCUT2D eigenvalue weighted by molar-refractivity contribution is 7.99. The second-order valence-corrected chi connectivity index (χ2v) is 8.67. The van der Waals surface area contributed by atoms with Crippen LogP contribution in [0.15, 0.2) is 18.2 Å². The Bertz CT molecular complexity index is 735.